The van der Waals surface area contributed by atoms with Crippen molar-refractivity contribution in [3.8, 4) is 11.4 Å². The SMILES string of the molecule is C[C@H]1CSc2nc3c(NCCc4c[nH]c5ccccc45)nc(-c4cncc(F)c4)nc3n21. The number of aromatic amines is 1. The predicted molar refractivity (Wildman–Crippen MR) is 124 cm³/mol. The van der Waals surface area contributed by atoms with E-state index in [1.165, 1.54) is 23.2 Å². The van der Waals surface area contributed by atoms with Crippen molar-refractivity contribution in [2.24, 2.45) is 0 Å². The number of halogens is 1. The molecule has 9 heteroatoms. The lowest BCUT2D eigenvalue weighted by atomic mass is 10.1. The quantitative estimate of drug-likeness (QED) is 0.403. The minimum Gasteiger partial charge on any atom is -0.368 e. The maximum absolute atomic E-state index is 13.8. The number of aromatic nitrogens is 6. The Morgan fingerprint density at radius 3 is 3.03 bits per heavy atom. The smallest absolute Gasteiger partial charge is 0.170 e. The third kappa shape index (κ3) is 3.20. The van der Waals surface area contributed by atoms with Gasteiger partial charge in [0.15, 0.2) is 28.0 Å². The molecule has 6 rings (SSSR count). The molecule has 0 radical (unpaired) electrons. The number of hydrogen-bond donors (Lipinski definition) is 2. The molecule has 4 aromatic heterocycles. The largest absolute Gasteiger partial charge is 0.368 e. The highest BCUT2D eigenvalue weighted by Gasteiger charge is 2.26. The summed E-state index contributed by atoms with van der Waals surface area (Å²) in [6.07, 6.45) is 5.64. The van der Waals surface area contributed by atoms with E-state index in [1.807, 2.05) is 12.1 Å². The maximum Gasteiger partial charge on any atom is 0.170 e. The number of nitrogens with one attached hydrogen (secondary N) is 2. The number of para-hydroxylation sites is 1. The van der Waals surface area contributed by atoms with Crippen LogP contribution in [0.25, 0.3) is 33.5 Å². The zero-order valence-electron chi connectivity index (χ0n) is 17.3. The molecular formula is C23H20FN7S. The first-order valence-corrected chi connectivity index (χ1v) is 11.5. The zero-order valence-corrected chi connectivity index (χ0v) is 18.2. The number of pyridine rings is 1. The highest BCUT2D eigenvalue weighted by Crippen LogP contribution is 2.38. The summed E-state index contributed by atoms with van der Waals surface area (Å²) >= 11 is 1.72. The van der Waals surface area contributed by atoms with Crippen LogP contribution in [0, 0.1) is 5.82 Å². The Morgan fingerprint density at radius 2 is 2.12 bits per heavy atom. The average molecular weight is 446 g/mol. The lowest BCUT2D eigenvalue weighted by Gasteiger charge is -2.11. The summed E-state index contributed by atoms with van der Waals surface area (Å²) in [5.74, 6) is 1.64. The van der Waals surface area contributed by atoms with Crippen molar-refractivity contribution in [3.05, 3.63) is 60.3 Å². The number of anilines is 1. The molecule has 5 heterocycles. The van der Waals surface area contributed by atoms with Crippen LogP contribution in [-0.4, -0.2) is 41.8 Å². The third-order valence-corrected chi connectivity index (χ3v) is 6.92. The standard InChI is InChI=1S/C23H20FN7S/c1-13-12-32-23-28-19-21(26-7-6-14-10-27-18-5-3-2-4-17(14)18)29-20(30-22(19)31(13)23)15-8-16(24)11-25-9-15/h2-5,8-11,13,27H,6-7,12H2,1H3,(H,26,29,30)/t13-/m0/s1. The summed E-state index contributed by atoms with van der Waals surface area (Å²) < 4.78 is 16.0. The topological polar surface area (TPSA) is 84.3 Å². The fraction of sp³-hybridized carbons (Fsp3) is 0.217. The van der Waals surface area contributed by atoms with Crippen LogP contribution in [0.4, 0.5) is 10.2 Å². The van der Waals surface area contributed by atoms with Crippen LogP contribution in [0.3, 0.4) is 0 Å². The summed E-state index contributed by atoms with van der Waals surface area (Å²) in [5.41, 5.74) is 4.42. The van der Waals surface area contributed by atoms with Gasteiger partial charge in [0, 0.05) is 47.2 Å². The van der Waals surface area contributed by atoms with Crippen LogP contribution in [0.15, 0.2) is 54.1 Å². The van der Waals surface area contributed by atoms with Crippen LogP contribution in [0.2, 0.25) is 0 Å². The van der Waals surface area contributed by atoms with E-state index in [-0.39, 0.29) is 6.04 Å². The first-order chi connectivity index (χ1) is 15.7. The summed E-state index contributed by atoms with van der Waals surface area (Å²) in [5, 5.41) is 5.62. The Hall–Kier alpha value is -3.46. The van der Waals surface area contributed by atoms with Gasteiger partial charge in [0.05, 0.1) is 6.20 Å². The van der Waals surface area contributed by atoms with Crippen molar-refractivity contribution in [2.75, 3.05) is 17.6 Å². The lowest BCUT2D eigenvalue weighted by Crippen LogP contribution is -2.09. The van der Waals surface area contributed by atoms with Gasteiger partial charge in [-0.1, -0.05) is 30.0 Å². The number of H-pyrrole nitrogens is 1. The zero-order chi connectivity index (χ0) is 21.7. The number of thioether (sulfide) groups is 1. The number of imidazole rings is 1. The number of benzene rings is 1. The Labute approximate surface area is 187 Å². The van der Waals surface area contributed by atoms with Crippen molar-refractivity contribution >= 4 is 39.6 Å². The Balaban J connectivity index is 1.37. The Kier molecular flexibility index (Phi) is 4.57. The second-order valence-electron chi connectivity index (χ2n) is 7.92. The van der Waals surface area contributed by atoms with Gasteiger partial charge in [-0.15, -0.1) is 0 Å². The minimum atomic E-state index is -0.414. The van der Waals surface area contributed by atoms with Crippen LogP contribution in [0.5, 0.6) is 0 Å². The third-order valence-electron chi connectivity index (χ3n) is 5.73. The van der Waals surface area contributed by atoms with Crippen LogP contribution < -0.4 is 5.32 Å². The van der Waals surface area contributed by atoms with E-state index in [0.29, 0.717) is 23.8 Å². The normalized spacial score (nSPS) is 15.5. The Morgan fingerprint density at radius 1 is 1.22 bits per heavy atom. The number of nitrogens with zero attached hydrogens (tertiary/aromatic N) is 5. The van der Waals surface area contributed by atoms with E-state index in [4.69, 9.17) is 15.0 Å². The monoisotopic (exact) mass is 445 g/mol. The lowest BCUT2D eigenvalue weighted by molar-refractivity contribution is 0.596. The minimum absolute atomic E-state index is 0.285. The fourth-order valence-electron chi connectivity index (χ4n) is 4.16. The molecule has 7 nitrogen and oxygen atoms in total. The molecule has 0 amide bonds. The molecule has 0 saturated heterocycles. The molecule has 32 heavy (non-hydrogen) atoms. The van der Waals surface area contributed by atoms with Crippen LogP contribution >= 0.6 is 11.8 Å². The summed E-state index contributed by atoms with van der Waals surface area (Å²) in [7, 11) is 0. The van der Waals surface area contributed by atoms with Gasteiger partial charge in [0.2, 0.25) is 0 Å². The van der Waals surface area contributed by atoms with Gasteiger partial charge in [-0.05, 0) is 31.0 Å². The van der Waals surface area contributed by atoms with E-state index in [1.54, 1.807) is 18.0 Å². The molecule has 1 aliphatic heterocycles. The second-order valence-corrected chi connectivity index (χ2v) is 8.91. The second kappa shape index (κ2) is 7.59. The van der Waals surface area contributed by atoms with Crippen molar-refractivity contribution in [3.63, 3.8) is 0 Å². The molecule has 0 bridgehead atoms. The van der Waals surface area contributed by atoms with Crippen molar-refractivity contribution in [2.45, 2.75) is 24.5 Å². The molecule has 0 fully saturated rings. The highest BCUT2D eigenvalue weighted by atomic mass is 32.2. The molecule has 160 valence electrons. The molecule has 0 spiro atoms. The molecule has 0 unspecified atom stereocenters. The van der Waals surface area contributed by atoms with Gasteiger partial charge < -0.3 is 10.3 Å². The number of hydrogen-bond acceptors (Lipinski definition) is 6. The summed E-state index contributed by atoms with van der Waals surface area (Å²) in [4.78, 5) is 21.5. The fourth-order valence-corrected chi connectivity index (χ4v) is 5.26. The van der Waals surface area contributed by atoms with Gasteiger partial charge in [-0.3, -0.25) is 9.55 Å². The highest BCUT2D eigenvalue weighted by molar-refractivity contribution is 7.99. The van der Waals surface area contributed by atoms with E-state index >= 15 is 0 Å². The molecule has 0 saturated carbocycles. The summed E-state index contributed by atoms with van der Waals surface area (Å²) in [6, 6.07) is 9.96. The van der Waals surface area contributed by atoms with E-state index < -0.39 is 5.82 Å². The number of rotatable bonds is 5. The van der Waals surface area contributed by atoms with Crippen LogP contribution in [-0.2, 0) is 6.42 Å². The first kappa shape index (κ1) is 19.2. The van der Waals surface area contributed by atoms with Gasteiger partial charge in [-0.2, -0.15) is 0 Å². The Bertz CT molecular complexity index is 1460. The molecular weight excluding hydrogens is 425 g/mol. The molecule has 5 aromatic rings. The molecule has 1 aliphatic rings. The molecule has 1 aromatic carbocycles. The number of fused-ring (bicyclic) bond motifs is 4. The van der Waals surface area contributed by atoms with Gasteiger partial charge in [-0.25, -0.2) is 19.3 Å². The van der Waals surface area contributed by atoms with Gasteiger partial charge >= 0.3 is 0 Å². The van der Waals surface area contributed by atoms with E-state index in [0.717, 1.165) is 34.0 Å². The molecule has 0 aliphatic carbocycles. The summed E-state index contributed by atoms with van der Waals surface area (Å²) in [6.45, 7) is 2.83. The van der Waals surface area contributed by atoms with Crippen molar-refractivity contribution in [1.82, 2.24) is 29.5 Å². The van der Waals surface area contributed by atoms with Crippen molar-refractivity contribution in [1.29, 1.82) is 0 Å². The first-order valence-electron chi connectivity index (χ1n) is 10.5. The van der Waals surface area contributed by atoms with Crippen LogP contribution in [0.1, 0.15) is 18.5 Å². The van der Waals surface area contributed by atoms with E-state index in [2.05, 4.69) is 45.1 Å². The average Bonchev–Trinajstić information content (AvgIpc) is 3.49. The molecule has 1 atom stereocenters. The predicted octanol–water partition coefficient (Wildman–Crippen LogP) is 4.83. The molecule has 2 N–H and O–H groups in total. The van der Waals surface area contributed by atoms with E-state index in [9.17, 15) is 4.39 Å². The maximum atomic E-state index is 13.8. The van der Waals surface area contributed by atoms with Crippen molar-refractivity contribution < 1.29 is 4.39 Å². The van der Waals surface area contributed by atoms with Gasteiger partial charge in [0.1, 0.15) is 5.82 Å². The van der Waals surface area contributed by atoms with Gasteiger partial charge in [0.25, 0.3) is 0 Å².